The molecule has 0 amide bonds. The highest BCUT2D eigenvalue weighted by atomic mass is 32.3. The van der Waals surface area contributed by atoms with Gasteiger partial charge in [-0.2, -0.15) is 21.6 Å². The topological polar surface area (TPSA) is 47.0 Å². The van der Waals surface area contributed by atoms with Gasteiger partial charge in [0.1, 0.15) is 0 Å². The fourth-order valence-electron chi connectivity index (χ4n) is 0.692. The lowest BCUT2D eigenvalue weighted by Gasteiger charge is -2.04. The Bertz CT molecular complexity index is 422. The average molecular weight is 229 g/mol. The number of halogens is 4. The zero-order valence-corrected chi connectivity index (χ0v) is 7.23. The molecule has 0 saturated heterocycles. The first-order valence-corrected chi connectivity index (χ1v) is 4.57. The van der Waals surface area contributed by atoms with Crippen molar-refractivity contribution in [3.8, 4) is 0 Å². The second kappa shape index (κ2) is 3.19. The zero-order valence-electron chi connectivity index (χ0n) is 6.42. The molecular formula is C6H3F4NO2S. The first-order chi connectivity index (χ1) is 6.21. The van der Waals surface area contributed by atoms with Gasteiger partial charge in [0.2, 0.25) is 0 Å². The van der Waals surface area contributed by atoms with Crippen LogP contribution in [0, 0.1) is 0 Å². The highest BCUT2D eigenvalue weighted by Crippen LogP contribution is 2.28. The number of pyridine rings is 1. The number of nitrogens with zero attached hydrogens (tertiary/aromatic N) is 1. The van der Waals surface area contributed by atoms with Gasteiger partial charge < -0.3 is 0 Å². The van der Waals surface area contributed by atoms with E-state index in [4.69, 9.17) is 0 Å². The third kappa shape index (κ3) is 2.41. The van der Waals surface area contributed by atoms with E-state index in [1.165, 1.54) is 0 Å². The Labute approximate surface area is 76.6 Å². The van der Waals surface area contributed by atoms with Gasteiger partial charge in [-0.25, -0.2) is 4.98 Å². The quantitative estimate of drug-likeness (QED) is 0.544. The molecule has 0 atom stereocenters. The van der Waals surface area contributed by atoms with Crippen LogP contribution in [0.2, 0.25) is 0 Å². The summed E-state index contributed by atoms with van der Waals surface area (Å²) in [6, 6.07) is 0.900. The first-order valence-electron chi connectivity index (χ1n) is 3.19. The van der Waals surface area contributed by atoms with Gasteiger partial charge in [0.15, 0.2) is 5.03 Å². The van der Waals surface area contributed by atoms with Crippen molar-refractivity contribution < 1.29 is 25.5 Å². The Hall–Kier alpha value is -1.18. The molecule has 0 aliphatic heterocycles. The van der Waals surface area contributed by atoms with Crippen molar-refractivity contribution in [1.29, 1.82) is 0 Å². The van der Waals surface area contributed by atoms with Crippen LogP contribution in [0.3, 0.4) is 0 Å². The first kappa shape index (κ1) is 10.9. The third-order valence-electron chi connectivity index (χ3n) is 1.31. The predicted molar refractivity (Wildman–Crippen MR) is 37.5 cm³/mol. The molecule has 0 fully saturated rings. The van der Waals surface area contributed by atoms with Crippen molar-refractivity contribution in [2.24, 2.45) is 0 Å². The Morgan fingerprint density at radius 2 is 1.79 bits per heavy atom. The summed E-state index contributed by atoms with van der Waals surface area (Å²) in [7, 11) is -5.04. The van der Waals surface area contributed by atoms with Gasteiger partial charge in [-0.1, -0.05) is 3.89 Å². The Kier molecular flexibility index (Phi) is 2.49. The lowest BCUT2D eigenvalue weighted by atomic mass is 10.3. The zero-order chi connectivity index (χ0) is 11.0. The van der Waals surface area contributed by atoms with Crippen molar-refractivity contribution in [2.45, 2.75) is 11.2 Å². The Balaban J connectivity index is 3.14. The SMILES string of the molecule is O=S(=O)(F)c1ccc(C(F)(F)F)cn1. The molecule has 0 radical (unpaired) electrons. The van der Waals surface area contributed by atoms with E-state index in [0.29, 0.717) is 12.1 Å². The molecule has 0 spiro atoms. The summed E-state index contributed by atoms with van der Waals surface area (Å²) in [6.07, 6.45) is -4.36. The van der Waals surface area contributed by atoms with Crippen molar-refractivity contribution >= 4 is 10.2 Å². The maximum atomic E-state index is 12.2. The normalized spacial score (nSPS) is 12.9. The van der Waals surface area contributed by atoms with Crippen molar-refractivity contribution in [3.63, 3.8) is 0 Å². The van der Waals surface area contributed by atoms with Crippen LogP contribution in [0.5, 0.6) is 0 Å². The number of hydrogen-bond donors (Lipinski definition) is 0. The third-order valence-corrected chi connectivity index (χ3v) is 2.05. The molecule has 0 aliphatic rings. The number of hydrogen-bond acceptors (Lipinski definition) is 3. The fourth-order valence-corrected chi connectivity index (χ4v) is 1.10. The molecule has 0 bridgehead atoms. The minimum absolute atomic E-state index is 0.256. The summed E-state index contributed by atoms with van der Waals surface area (Å²) in [4.78, 5) is 2.83. The Morgan fingerprint density at radius 3 is 2.07 bits per heavy atom. The molecule has 1 rings (SSSR count). The van der Waals surface area contributed by atoms with Crippen LogP contribution in [0.4, 0.5) is 17.1 Å². The fraction of sp³-hybridized carbons (Fsp3) is 0.167. The van der Waals surface area contributed by atoms with E-state index in [9.17, 15) is 25.5 Å². The number of alkyl halides is 3. The van der Waals surface area contributed by atoms with Gasteiger partial charge >= 0.3 is 16.4 Å². The van der Waals surface area contributed by atoms with E-state index in [-0.39, 0.29) is 6.20 Å². The van der Waals surface area contributed by atoms with E-state index in [2.05, 4.69) is 4.98 Å². The molecule has 0 unspecified atom stereocenters. The van der Waals surface area contributed by atoms with E-state index < -0.39 is 27.0 Å². The molecule has 0 saturated carbocycles. The number of aromatic nitrogens is 1. The van der Waals surface area contributed by atoms with E-state index in [1.54, 1.807) is 0 Å². The van der Waals surface area contributed by atoms with Gasteiger partial charge in [0.25, 0.3) is 0 Å². The van der Waals surface area contributed by atoms with E-state index >= 15 is 0 Å². The predicted octanol–water partition coefficient (Wildman–Crippen LogP) is 1.76. The summed E-state index contributed by atoms with van der Waals surface area (Å²) in [5.74, 6) is 0. The smallest absolute Gasteiger partial charge is 0.242 e. The molecule has 78 valence electrons. The van der Waals surface area contributed by atoms with Gasteiger partial charge in [-0.15, -0.1) is 0 Å². The highest BCUT2D eigenvalue weighted by Gasteiger charge is 2.31. The summed E-state index contributed by atoms with van der Waals surface area (Å²) in [5, 5.41) is -1.04. The van der Waals surface area contributed by atoms with Crippen molar-refractivity contribution in [2.75, 3.05) is 0 Å². The molecule has 1 aromatic rings. The molecule has 1 aromatic heterocycles. The standard InChI is InChI=1S/C6H3F4NO2S/c7-6(8,9)4-1-2-5(11-3-4)14(10,12)13/h1-3H. The average Bonchev–Trinajstić information content (AvgIpc) is 2.01. The molecule has 1 heterocycles. The van der Waals surface area contributed by atoms with Gasteiger partial charge in [-0.3, -0.25) is 0 Å². The minimum Gasteiger partial charge on any atom is -0.242 e. The van der Waals surface area contributed by atoms with Crippen molar-refractivity contribution in [1.82, 2.24) is 4.98 Å². The lowest BCUT2D eigenvalue weighted by molar-refractivity contribution is -0.137. The second-order valence-electron chi connectivity index (χ2n) is 2.32. The van der Waals surface area contributed by atoms with Crippen LogP contribution in [0.15, 0.2) is 23.4 Å². The molecule has 3 nitrogen and oxygen atoms in total. The molecule has 0 aliphatic carbocycles. The van der Waals surface area contributed by atoms with Crippen LogP contribution >= 0.6 is 0 Å². The van der Waals surface area contributed by atoms with Gasteiger partial charge in [-0.05, 0) is 12.1 Å². The molecule has 0 N–H and O–H groups in total. The summed E-state index contributed by atoms with van der Waals surface area (Å²) in [5.41, 5.74) is -1.13. The highest BCUT2D eigenvalue weighted by molar-refractivity contribution is 7.86. The second-order valence-corrected chi connectivity index (χ2v) is 3.61. The summed E-state index contributed by atoms with van der Waals surface area (Å²) in [6.45, 7) is 0. The largest absolute Gasteiger partial charge is 0.417 e. The van der Waals surface area contributed by atoms with Gasteiger partial charge in [0.05, 0.1) is 5.56 Å². The monoisotopic (exact) mass is 229 g/mol. The summed E-state index contributed by atoms with van der Waals surface area (Å²) >= 11 is 0. The summed E-state index contributed by atoms with van der Waals surface area (Å²) < 4.78 is 68.3. The van der Waals surface area contributed by atoms with Crippen molar-refractivity contribution in [3.05, 3.63) is 23.9 Å². The van der Waals surface area contributed by atoms with Crippen LogP contribution in [-0.4, -0.2) is 13.4 Å². The maximum Gasteiger partial charge on any atom is 0.417 e. The van der Waals surface area contributed by atoms with Crippen LogP contribution in [0.25, 0.3) is 0 Å². The molecule has 14 heavy (non-hydrogen) atoms. The van der Waals surface area contributed by atoms with E-state index in [0.717, 1.165) is 0 Å². The van der Waals surface area contributed by atoms with Crippen LogP contribution < -0.4 is 0 Å². The number of rotatable bonds is 1. The lowest BCUT2D eigenvalue weighted by Crippen LogP contribution is -2.06. The minimum atomic E-state index is -5.04. The Morgan fingerprint density at radius 1 is 1.21 bits per heavy atom. The molecule has 8 heteroatoms. The van der Waals surface area contributed by atoms with Gasteiger partial charge in [0, 0.05) is 6.20 Å². The van der Waals surface area contributed by atoms with Crippen LogP contribution in [0.1, 0.15) is 5.56 Å². The molecular weight excluding hydrogens is 226 g/mol. The van der Waals surface area contributed by atoms with E-state index in [1.807, 2.05) is 0 Å². The maximum absolute atomic E-state index is 12.2. The van der Waals surface area contributed by atoms with Crippen LogP contribution in [-0.2, 0) is 16.4 Å². The molecule has 0 aromatic carbocycles.